The molecule has 102 valence electrons. The van der Waals surface area contributed by atoms with Crippen molar-refractivity contribution >= 4 is 28.1 Å². The second-order valence-corrected chi connectivity index (χ2v) is 5.47. The third kappa shape index (κ3) is 3.35. The van der Waals surface area contributed by atoms with E-state index in [0.29, 0.717) is 4.99 Å². The lowest BCUT2D eigenvalue weighted by molar-refractivity contribution is 0.577. The van der Waals surface area contributed by atoms with Gasteiger partial charge in [0.1, 0.15) is 4.99 Å². The van der Waals surface area contributed by atoms with Crippen molar-refractivity contribution in [2.24, 2.45) is 5.73 Å². The van der Waals surface area contributed by atoms with Gasteiger partial charge in [-0.15, -0.1) is 0 Å². The van der Waals surface area contributed by atoms with Gasteiger partial charge >= 0.3 is 0 Å². The molecule has 2 nitrogen and oxygen atoms in total. The molecule has 0 fully saturated rings. The van der Waals surface area contributed by atoms with Gasteiger partial charge in [0.05, 0.1) is 0 Å². The van der Waals surface area contributed by atoms with Crippen LogP contribution < -0.4 is 5.73 Å². The summed E-state index contributed by atoms with van der Waals surface area (Å²) in [6.45, 7) is 3.32. The number of rotatable bonds is 7. The summed E-state index contributed by atoms with van der Waals surface area (Å²) >= 11 is 5.10. The summed E-state index contributed by atoms with van der Waals surface area (Å²) in [5.41, 5.74) is 7.99. The number of nitrogens with zero attached hydrogens (tertiary/aromatic N) is 1. The van der Waals surface area contributed by atoms with Gasteiger partial charge in [-0.25, -0.2) is 0 Å². The van der Waals surface area contributed by atoms with Crippen LogP contribution in [0.1, 0.15) is 44.6 Å². The van der Waals surface area contributed by atoms with E-state index in [0.717, 1.165) is 12.1 Å². The zero-order chi connectivity index (χ0) is 13.7. The number of nitrogens with two attached hydrogens (primary N) is 1. The van der Waals surface area contributed by atoms with Crippen LogP contribution in [0, 0.1) is 0 Å². The van der Waals surface area contributed by atoms with Crippen LogP contribution in [0.2, 0.25) is 0 Å². The van der Waals surface area contributed by atoms with E-state index in [1.807, 2.05) is 12.1 Å². The third-order valence-corrected chi connectivity index (χ3v) is 3.80. The van der Waals surface area contributed by atoms with E-state index < -0.39 is 0 Å². The van der Waals surface area contributed by atoms with Gasteiger partial charge in [-0.3, -0.25) is 0 Å². The second kappa shape index (κ2) is 6.71. The molecule has 0 aliphatic heterocycles. The first-order chi connectivity index (χ1) is 9.24. The van der Waals surface area contributed by atoms with Crippen molar-refractivity contribution in [3.8, 4) is 0 Å². The summed E-state index contributed by atoms with van der Waals surface area (Å²) < 4.78 is 2.31. The monoisotopic (exact) mass is 274 g/mol. The fourth-order valence-corrected chi connectivity index (χ4v) is 2.70. The molecule has 19 heavy (non-hydrogen) atoms. The van der Waals surface area contributed by atoms with Crippen LogP contribution in [0.5, 0.6) is 0 Å². The number of aryl methyl sites for hydroxylation is 1. The summed E-state index contributed by atoms with van der Waals surface area (Å²) in [6.07, 6.45) is 8.67. The van der Waals surface area contributed by atoms with Gasteiger partial charge in [0.25, 0.3) is 0 Å². The van der Waals surface area contributed by atoms with Crippen molar-refractivity contribution < 1.29 is 0 Å². The van der Waals surface area contributed by atoms with Gasteiger partial charge in [-0.2, -0.15) is 0 Å². The minimum atomic E-state index is 0.478. The van der Waals surface area contributed by atoms with E-state index in [1.165, 1.54) is 43.0 Å². The number of hydrogen-bond acceptors (Lipinski definition) is 1. The highest BCUT2D eigenvalue weighted by Crippen LogP contribution is 2.21. The second-order valence-electron chi connectivity index (χ2n) is 5.03. The number of hydrogen-bond donors (Lipinski definition) is 1. The highest BCUT2D eigenvalue weighted by atomic mass is 32.1. The molecule has 0 spiro atoms. The fraction of sp³-hybridized carbons (Fsp3) is 0.438. The van der Waals surface area contributed by atoms with Crippen molar-refractivity contribution in [2.75, 3.05) is 0 Å². The summed E-state index contributed by atoms with van der Waals surface area (Å²) in [7, 11) is 0. The number of thiocarbonyl (C=S) groups is 1. The van der Waals surface area contributed by atoms with E-state index >= 15 is 0 Å². The summed E-state index contributed by atoms with van der Waals surface area (Å²) in [6, 6.07) is 8.29. The molecule has 0 saturated carbocycles. The Morgan fingerprint density at radius 1 is 1.16 bits per heavy atom. The molecule has 1 heterocycles. The number of benzene rings is 1. The first-order valence-electron chi connectivity index (χ1n) is 7.11. The van der Waals surface area contributed by atoms with Gasteiger partial charge in [0.15, 0.2) is 0 Å². The zero-order valence-electron chi connectivity index (χ0n) is 11.6. The third-order valence-electron chi connectivity index (χ3n) is 3.58. The van der Waals surface area contributed by atoms with Crippen LogP contribution in [0.3, 0.4) is 0 Å². The summed E-state index contributed by atoms with van der Waals surface area (Å²) in [5.74, 6) is 0. The average Bonchev–Trinajstić information content (AvgIpc) is 2.81. The topological polar surface area (TPSA) is 30.9 Å². The van der Waals surface area contributed by atoms with Gasteiger partial charge in [0, 0.05) is 29.2 Å². The highest BCUT2D eigenvalue weighted by Gasteiger charge is 2.06. The molecule has 2 N–H and O–H groups in total. The molecule has 2 rings (SSSR count). The Hall–Kier alpha value is -1.35. The normalized spacial score (nSPS) is 11.0. The van der Waals surface area contributed by atoms with Gasteiger partial charge in [0.2, 0.25) is 0 Å². The molecule has 0 bridgehead atoms. The lowest BCUT2D eigenvalue weighted by Gasteiger charge is -2.06. The van der Waals surface area contributed by atoms with Crippen molar-refractivity contribution in [3.63, 3.8) is 0 Å². The number of fused-ring (bicyclic) bond motifs is 1. The van der Waals surface area contributed by atoms with E-state index in [9.17, 15) is 0 Å². The summed E-state index contributed by atoms with van der Waals surface area (Å²) in [4.78, 5) is 0.478. The Bertz CT molecular complexity index is 557. The maximum absolute atomic E-state index is 5.77. The van der Waals surface area contributed by atoms with Crippen LogP contribution in [0.15, 0.2) is 30.5 Å². The van der Waals surface area contributed by atoms with Crippen LogP contribution in [-0.4, -0.2) is 9.56 Å². The Morgan fingerprint density at radius 3 is 2.68 bits per heavy atom. The molecular weight excluding hydrogens is 252 g/mol. The van der Waals surface area contributed by atoms with Crippen LogP contribution in [-0.2, 0) is 6.54 Å². The SMILES string of the molecule is CCCCCCCn1ccc2c(C(N)=S)cccc21. The van der Waals surface area contributed by atoms with Crippen molar-refractivity contribution in [3.05, 3.63) is 36.0 Å². The molecule has 0 atom stereocenters. The molecule has 3 heteroatoms. The van der Waals surface area contributed by atoms with Crippen LogP contribution >= 0.6 is 12.2 Å². The molecule has 0 saturated heterocycles. The fourth-order valence-electron chi connectivity index (χ4n) is 2.52. The van der Waals surface area contributed by atoms with E-state index in [2.05, 4.69) is 29.8 Å². The first kappa shape index (κ1) is 14.1. The Labute approximate surface area is 120 Å². The largest absolute Gasteiger partial charge is 0.389 e. The summed E-state index contributed by atoms with van der Waals surface area (Å²) in [5, 5.41) is 1.17. The Kier molecular flexibility index (Phi) is 4.97. The predicted octanol–water partition coefficient (Wildman–Crippen LogP) is 4.25. The van der Waals surface area contributed by atoms with Crippen molar-refractivity contribution in [1.29, 1.82) is 0 Å². The van der Waals surface area contributed by atoms with Gasteiger partial charge in [-0.1, -0.05) is 57.0 Å². The van der Waals surface area contributed by atoms with Gasteiger partial charge < -0.3 is 10.3 Å². The van der Waals surface area contributed by atoms with Crippen molar-refractivity contribution in [2.45, 2.75) is 45.6 Å². The average molecular weight is 274 g/mol. The van der Waals surface area contributed by atoms with Crippen molar-refractivity contribution in [1.82, 2.24) is 4.57 Å². The molecule has 2 aromatic rings. The van der Waals surface area contributed by atoms with Crippen LogP contribution in [0.25, 0.3) is 10.9 Å². The minimum absolute atomic E-state index is 0.478. The molecular formula is C16H22N2S. The molecule has 0 aliphatic rings. The number of aromatic nitrogens is 1. The molecule has 1 aromatic heterocycles. The maximum Gasteiger partial charge on any atom is 0.104 e. The number of unbranched alkanes of at least 4 members (excludes halogenated alkanes) is 4. The molecule has 1 aromatic carbocycles. The van der Waals surface area contributed by atoms with Gasteiger partial charge in [-0.05, 0) is 18.6 Å². The smallest absolute Gasteiger partial charge is 0.104 e. The van der Waals surface area contributed by atoms with E-state index in [1.54, 1.807) is 0 Å². The van der Waals surface area contributed by atoms with Crippen LogP contribution in [0.4, 0.5) is 0 Å². The lowest BCUT2D eigenvalue weighted by atomic mass is 10.1. The molecule has 0 radical (unpaired) electrons. The van der Waals surface area contributed by atoms with E-state index in [-0.39, 0.29) is 0 Å². The quantitative estimate of drug-likeness (QED) is 0.604. The molecule has 0 amide bonds. The zero-order valence-corrected chi connectivity index (χ0v) is 12.4. The molecule has 0 aliphatic carbocycles. The predicted molar refractivity (Wildman–Crippen MR) is 86.6 cm³/mol. The Balaban J connectivity index is 2.08. The maximum atomic E-state index is 5.77. The standard InChI is InChI=1S/C16H22N2S/c1-2-3-4-5-6-11-18-12-10-13-14(16(17)19)8-7-9-15(13)18/h7-10,12H,2-6,11H2,1H3,(H2,17,19). The van der Waals surface area contributed by atoms with E-state index in [4.69, 9.17) is 18.0 Å². The molecule has 0 unspecified atom stereocenters. The highest BCUT2D eigenvalue weighted by molar-refractivity contribution is 7.80. The minimum Gasteiger partial charge on any atom is -0.389 e. The first-order valence-corrected chi connectivity index (χ1v) is 7.52. The lowest BCUT2D eigenvalue weighted by Crippen LogP contribution is -2.09. The Morgan fingerprint density at radius 2 is 1.95 bits per heavy atom.